The highest BCUT2D eigenvalue weighted by Crippen LogP contribution is 2.71. The SMILES string of the molecule is Cc1ccc2c3c1O[C@H]1c4[nH]c5ccccc5c4C[C@@]4(C)[C@@H](C2)N(C)CC[C@]314. The molecule has 3 heteroatoms. The number of fused-ring (bicyclic) bond motifs is 4. The van der Waals surface area contributed by atoms with Crippen molar-refractivity contribution in [3.8, 4) is 5.75 Å². The molecule has 1 fully saturated rings. The molecule has 0 saturated carbocycles. The van der Waals surface area contributed by atoms with Crippen molar-refractivity contribution in [3.63, 3.8) is 0 Å². The van der Waals surface area contributed by atoms with Gasteiger partial charge in [-0.2, -0.15) is 0 Å². The number of H-pyrrole nitrogens is 1. The first-order chi connectivity index (χ1) is 13.5. The summed E-state index contributed by atoms with van der Waals surface area (Å²) >= 11 is 0. The van der Waals surface area contributed by atoms with Gasteiger partial charge in [0.1, 0.15) is 11.9 Å². The number of nitrogens with one attached hydrogen (secondary N) is 1. The average molecular weight is 370 g/mol. The largest absolute Gasteiger partial charge is 0.483 e. The van der Waals surface area contributed by atoms with Crippen molar-refractivity contribution in [1.29, 1.82) is 0 Å². The number of aryl methyl sites for hydroxylation is 1. The van der Waals surface area contributed by atoms with Crippen LogP contribution in [0.3, 0.4) is 0 Å². The molecule has 0 radical (unpaired) electrons. The van der Waals surface area contributed by atoms with Crippen LogP contribution in [-0.2, 0) is 18.3 Å². The van der Waals surface area contributed by atoms with E-state index in [9.17, 15) is 0 Å². The topological polar surface area (TPSA) is 28.3 Å². The number of hydrogen-bond donors (Lipinski definition) is 1. The average Bonchev–Trinajstić information content (AvgIpc) is 3.22. The van der Waals surface area contributed by atoms with Gasteiger partial charge in [0, 0.05) is 27.9 Å². The van der Waals surface area contributed by atoms with Gasteiger partial charge in [-0.3, -0.25) is 0 Å². The number of likely N-dealkylation sites (N-methyl/N-ethyl adjacent to an activating group) is 1. The fourth-order valence-corrected chi connectivity index (χ4v) is 7.48. The van der Waals surface area contributed by atoms with Crippen molar-refractivity contribution in [3.05, 3.63) is 64.3 Å². The molecule has 0 amide bonds. The van der Waals surface area contributed by atoms with Gasteiger partial charge in [0.25, 0.3) is 0 Å². The van der Waals surface area contributed by atoms with E-state index >= 15 is 0 Å². The second-order valence-corrected chi connectivity index (χ2v) is 9.82. The van der Waals surface area contributed by atoms with Crippen LogP contribution in [0.1, 0.15) is 47.4 Å². The Morgan fingerprint density at radius 1 is 1.18 bits per heavy atom. The zero-order chi connectivity index (χ0) is 18.8. The second kappa shape index (κ2) is 4.65. The van der Waals surface area contributed by atoms with E-state index in [2.05, 4.69) is 67.2 Å². The molecule has 2 aliphatic heterocycles. The Morgan fingerprint density at radius 2 is 2.04 bits per heavy atom. The first-order valence-corrected chi connectivity index (χ1v) is 10.6. The van der Waals surface area contributed by atoms with E-state index in [-0.39, 0.29) is 16.9 Å². The number of hydrogen-bond acceptors (Lipinski definition) is 2. The molecular formula is C25H26N2O. The van der Waals surface area contributed by atoms with Gasteiger partial charge in [0.2, 0.25) is 0 Å². The smallest absolute Gasteiger partial charge is 0.149 e. The Balaban J connectivity index is 1.62. The Hall–Kier alpha value is -2.26. The number of ether oxygens (including phenoxy) is 1. The van der Waals surface area contributed by atoms with E-state index in [0.29, 0.717) is 6.04 Å². The number of piperidine rings is 1. The summed E-state index contributed by atoms with van der Waals surface area (Å²) in [5.74, 6) is 1.18. The molecule has 142 valence electrons. The van der Waals surface area contributed by atoms with Crippen molar-refractivity contribution in [2.24, 2.45) is 5.41 Å². The number of aromatic nitrogens is 1. The zero-order valence-corrected chi connectivity index (χ0v) is 16.8. The quantitative estimate of drug-likeness (QED) is 0.623. The summed E-state index contributed by atoms with van der Waals surface area (Å²) in [5, 5.41) is 1.39. The molecule has 1 aromatic heterocycles. The van der Waals surface area contributed by atoms with E-state index in [1.807, 2.05) is 0 Å². The van der Waals surface area contributed by atoms with E-state index in [0.717, 1.165) is 19.4 Å². The van der Waals surface area contributed by atoms with Crippen molar-refractivity contribution in [2.75, 3.05) is 13.6 Å². The molecule has 4 aliphatic rings. The van der Waals surface area contributed by atoms with Crippen molar-refractivity contribution < 1.29 is 4.74 Å². The normalized spacial score (nSPS) is 34.8. The molecular weight excluding hydrogens is 344 g/mol. The summed E-state index contributed by atoms with van der Waals surface area (Å²) < 4.78 is 6.92. The third-order valence-electron chi connectivity index (χ3n) is 8.78. The maximum atomic E-state index is 6.92. The van der Waals surface area contributed by atoms with Gasteiger partial charge in [0.15, 0.2) is 0 Å². The maximum Gasteiger partial charge on any atom is 0.149 e. The molecule has 7 rings (SSSR count). The van der Waals surface area contributed by atoms with Gasteiger partial charge in [-0.25, -0.2) is 0 Å². The molecule has 1 spiro atoms. The predicted octanol–water partition coefficient (Wildman–Crippen LogP) is 4.67. The minimum absolute atomic E-state index is 0.0903. The fourth-order valence-electron chi connectivity index (χ4n) is 7.48. The summed E-state index contributed by atoms with van der Waals surface area (Å²) in [7, 11) is 2.33. The van der Waals surface area contributed by atoms with Gasteiger partial charge < -0.3 is 14.6 Å². The van der Waals surface area contributed by atoms with Crippen LogP contribution in [0, 0.1) is 12.3 Å². The van der Waals surface area contributed by atoms with Gasteiger partial charge in [-0.15, -0.1) is 0 Å². The maximum absolute atomic E-state index is 6.92. The molecule has 3 aromatic rings. The third kappa shape index (κ3) is 1.46. The minimum Gasteiger partial charge on any atom is -0.483 e. The number of nitrogens with zero attached hydrogens (tertiary/aromatic N) is 1. The first kappa shape index (κ1) is 15.6. The van der Waals surface area contributed by atoms with Gasteiger partial charge >= 0.3 is 0 Å². The van der Waals surface area contributed by atoms with Crippen LogP contribution in [0.15, 0.2) is 36.4 Å². The van der Waals surface area contributed by atoms with Crippen LogP contribution in [0.5, 0.6) is 5.75 Å². The standard InChI is InChI=1S/C25H26N2O/c1-14-8-9-15-12-19-24(2)13-17-16-6-4-5-7-18(16)26-21(17)23-25(24,10-11-27(19)3)20(15)22(14)28-23/h4-9,19,23,26H,10-13H2,1-3H3/t19-,23+,24+,25+/m1/s1. The summed E-state index contributed by atoms with van der Waals surface area (Å²) in [5.41, 5.74) is 8.73. The third-order valence-corrected chi connectivity index (χ3v) is 8.78. The number of rotatable bonds is 0. The van der Waals surface area contributed by atoms with E-state index in [1.165, 1.54) is 45.5 Å². The predicted molar refractivity (Wildman–Crippen MR) is 111 cm³/mol. The summed E-state index contributed by atoms with van der Waals surface area (Å²) in [4.78, 5) is 6.42. The lowest BCUT2D eigenvalue weighted by Gasteiger charge is -2.63. The minimum atomic E-state index is 0.0903. The molecule has 0 unspecified atom stereocenters. The Kier molecular flexibility index (Phi) is 2.60. The highest BCUT2D eigenvalue weighted by Gasteiger charge is 2.70. The number of likely N-dealkylation sites (tertiary alicyclic amines) is 1. The molecule has 3 heterocycles. The highest BCUT2D eigenvalue weighted by atomic mass is 16.5. The van der Waals surface area contributed by atoms with Crippen LogP contribution in [0.4, 0.5) is 0 Å². The van der Waals surface area contributed by atoms with Crippen molar-refractivity contribution in [2.45, 2.75) is 50.7 Å². The van der Waals surface area contributed by atoms with Crippen LogP contribution < -0.4 is 4.74 Å². The lowest BCUT2D eigenvalue weighted by molar-refractivity contribution is -0.0903. The molecule has 3 nitrogen and oxygen atoms in total. The second-order valence-electron chi connectivity index (χ2n) is 9.82. The molecule has 4 atom stereocenters. The number of benzene rings is 2. The molecule has 2 bridgehead atoms. The first-order valence-electron chi connectivity index (χ1n) is 10.6. The monoisotopic (exact) mass is 370 g/mol. The lowest BCUT2D eigenvalue weighted by Crippen LogP contribution is -2.68. The van der Waals surface area contributed by atoms with Crippen LogP contribution in [-0.4, -0.2) is 29.5 Å². The van der Waals surface area contributed by atoms with Gasteiger partial charge in [-0.05, 0) is 62.5 Å². The van der Waals surface area contributed by atoms with Crippen molar-refractivity contribution >= 4 is 10.9 Å². The van der Waals surface area contributed by atoms with E-state index in [1.54, 1.807) is 5.56 Å². The number of aromatic amines is 1. The number of para-hydroxylation sites is 1. The lowest BCUT2D eigenvalue weighted by atomic mass is 9.44. The van der Waals surface area contributed by atoms with Gasteiger partial charge in [-0.1, -0.05) is 37.3 Å². The Bertz CT molecular complexity index is 1180. The van der Waals surface area contributed by atoms with E-state index < -0.39 is 0 Å². The fraction of sp³-hybridized carbons (Fsp3) is 0.440. The zero-order valence-electron chi connectivity index (χ0n) is 16.8. The molecule has 2 aromatic carbocycles. The highest BCUT2D eigenvalue weighted by molar-refractivity contribution is 5.86. The summed E-state index contributed by atoms with van der Waals surface area (Å²) in [6.07, 6.45) is 3.57. The van der Waals surface area contributed by atoms with Crippen molar-refractivity contribution in [1.82, 2.24) is 9.88 Å². The molecule has 1 saturated heterocycles. The Labute approximate surface area is 165 Å². The van der Waals surface area contributed by atoms with E-state index in [4.69, 9.17) is 4.74 Å². The summed E-state index contributed by atoms with van der Waals surface area (Å²) in [6.45, 7) is 5.94. The summed E-state index contributed by atoms with van der Waals surface area (Å²) in [6, 6.07) is 14.0. The van der Waals surface area contributed by atoms with Crippen LogP contribution >= 0.6 is 0 Å². The van der Waals surface area contributed by atoms with Gasteiger partial charge in [0.05, 0.1) is 11.1 Å². The molecule has 1 N–H and O–H groups in total. The molecule has 28 heavy (non-hydrogen) atoms. The van der Waals surface area contributed by atoms with Crippen LogP contribution in [0.25, 0.3) is 10.9 Å². The molecule has 2 aliphatic carbocycles. The Morgan fingerprint density at radius 3 is 2.93 bits per heavy atom. The van der Waals surface area contributed by atoms with Crippen LogP contribution in [0.2, 0.25) is 0 Å².